The van der Waals surface area contributed by atoms with Crippen LogP contribution in [0.1, 0.15) is 0 Å². The summed E-state index contributed by atoms with van der Waals surface area (Å²) in [5.74, 6) is 0.322. The molecule has 3 heteroatoms. The number of aliphatic hydroxyl groups is 1. The normalized spacial score (nSPS) is 8.18. The quantitative estimate of drug-likeness (QED) is 0.547. The number of hydrogen-bond donors (Lipinski definition) is 3. The fourth-order valence-electron chi connectivity index (χ4n) is 0.428. The molecule has 0 fully saturated rings. The number of benzene rings is 1. The summed E-state index contributed by atoms with van der Waals surface area (Å²) in [6, 6.07) is 8.71. The van der Waals surface area contributed by atoms with Crippen molar-refractivity contribution in [1.82, 2.24) is 0 Å². The van der Waals surface area contributed by atoms with Gasteiger partial charge in [-0.1, -0.05) is 18.2 Å². The molecule has 1 aromatic rings. The van der Waals surface area contributed by atoms with Gasteiger partial charge in [-0.15, -0.1) is 0 Å². The van der Waals surface area contributed by atoms with Gasteiger partial charge in [0.25, 0.3) is 0 Å². The summed E-state index contributed by atoms with van der Waals surface area (Å²) in [5.41, 5.74) is 4.78. The minimum Gasteiger partial charge on any atom is -0.508 e. The van der Waals surface area contributed by atoms with Crippen LogP contribution in [0.25, 0.3) is 0 Å². The lowest BCUT2D eigenvalue weighted by Gasteiger charge is -1.82. The molecule has 0 heterocycles. The van der Waals surface area contributed by atoms with Gasteiger partial charge in [0.05, 0.1) is 6.61 Å². The SMILES string of the molecule is NCCO.Oc1ccccc1. The van der Waals surface area contributed by atoms with Gasteiger partial charge in [0.15, 0.2) is 0 Å². The average Bonchev–Trinajstić information content (AvgIpc) is 2.07. The fourth-order valence-corrected chi connectivity index (χ4v) is 0.428. The Balaban J connectivity index is 0.000000218. The third-order valence-electron chi connectivity index (χ3n) is 0.885. The van der Waals surface area contributed by atoms with Crippen LogP contribution in [0.2, 0.25) is 0 Å². The predicted molar refractivity (Wildman–Crippen MR) is 44.2 cm³/mol. The molecule has 0 bridgehead atoms. The molecule has 0 saturated heterocycles. The summed E-state index contributed by atoms with van der Waals surface area (Å²) in [6.45, 7) is 0.472. The zero-order valence-electron chi connectivity index (χ0n) is 6.27. The van der Waals surface area contributed by atoms with E-state index in [0.717, 1.165) is 0 Å². The second-order valence-corrected chi connectivity index (χ2v) is 1.85. The van der Waals surface area contributed by atoms with Crippen molar-refractivity contribution in [1.29, 1.82) is 0 Å². The standard InChI is InChI=1S/C6H6O.C2H7NO/c7-6-4-2-1-3-5-6;3-1-2-4/h1-5,7H;4H,1-3H2. The molecule has 0 aromatic heterocycles. The molecule has 4 N–H and O–H groups in total. The summed E-state index contributed by atoms with van der Waals surface area (Å²) < 4.78 is 0. The minimum absolute atomic E-state index is 0.0972. The van der Waals surface area contributed by atoms with E-state index in [1.165, 1.54) is 0 Å². The van der Waals surface area contributed by atoms with Crippen molar-refractivity contribution in [2.24, 2.45) is 5.73 Å². The molecule has 0 amide bonds. The van der Waals surface area contributed by atoms with Crippen molar-refractivity contribution >= 4 is 0 Å². The zero-order chi connectivity index (χ0) is 8.53. The van der Waals surface area contributed by atoms with E-state index in [0.29, 0.717) is 12.3 Å². The van der Waals surface area contributed by atoms with Gasteiger partial charge in [-0.2, -0.15) is 0 Å². The maximum absolute atomic E-state index is 8.63. The minimum atomic E-state index is 0.0972. The van der Waals surface area contributed by atoms with E-state index in [1.807, 2.05) is 6.07 Å². The van der Waals surface area contributed by atoms with Gasteiger partial charge in [0.1, 0.15) is 5.75 Å². The van der Waals surface area contributed by atoms with Crippen molar-refractivity contribution in [2.45, 2.75) is 0 Å². The van der Waals surface area contributed by atoms with Gasteiger partial charge in [-0.05, 0) is 12.1 Å². The molecule has 0 aliphatic heterocycles. The first kappa shape index (κ1) is 9.94. The summed E-state index contributed by atoms with van der Waals surface area (Å²) in [5, 5.41) is 16.4. The van der Waals surface area contributed by atoms with Crippen LogP contribution < -0.4 is 5.73 Å². The zero-order valence-corrected chi connectivity index (χ0v) is 6.27. The molecule has 0 spiro atoms. The molecule has 0 saturated carbocycles. The summed E-state index contributed by atoms with van der Waals surface area (Å²) in [7, 11) is 0. The molecule has 0 aliphatic rings. The number of rotatable bonds is 1. The number of aromatic hydroxyl groups is 1. The maximum atomic E-state index is 8.63. The van der Waals surface area contributed by atoms with Gasteiger partial charge in [-0.3, -0.25) is 0 Å². The molecule has 0 radical (unpaired) electrons. The fraction of sp³-hybridized carbons (Fsp3) is 0.250. The lowest BCUT2D eigenvalue weighted by atomic mass is 10.3. The Labute approximate surface area is 66.1 Å². The van der Waals surface area contributed by atoms with Crippen LogP contribution >= 0.6 is 0 Å². The topological polar surface area (TPSA) is 66.5 Å². The van der Waals surface area contributed by atoms with Gasteiger partial charge >= 0.3 is 0 Å². The van der Waals surface area contributed by atoms with Crippen LogP contribution in [0, 0.1) is 0 Å². The average molecular weight is 155 g/mol. The molecule has 0 atom stereocenters. The highest BCUT2D eigenvalue weighted by atomic mass is 16.3. The summed E-state index contributed by atoms with van der Waals surface area (Å²) in [4.78, 5) is 0. The molecule has 0 aliphatic carbocycles. The second-order valence-electron chi connectivity index (χ2n) is 1.85. The smallest absolute Gasteiger partial charge is 0.115 e. The van der Waals surface area contributed by atoms with Crippen LogP contribution in [-0.2, 0) is 0 Å². The molecule has 3 nitrogen and oxygen atoms in total. The first-order valence-electron chi connectivity index (χ1n) is 3.36. The highest BCUT2D eigenvalue weighted by Gasteiger charge is 1.74. The van der Waals surface area contributed by atoms with Crippen molar-refractivity contribution in [3.8, 4) is 5.75 Å². The largest absolute Gasteiger partial charge is 0.508 e. The molecular formula is C8H13NO2. The third-order valence-corrected chi connectivity index (χ3v) is 0.885. The van der Waals surface area contributed by atoms with E-state index < -0.39 is 0 Å². The van der Waals surface area contributed by atoms with E-state index in [-0.39, 0.29) is 6.61 Å². The van der Waals surface area contributed by atoms with Crippen molar-refractivity contribution < 1.29 is 10.2 Å². The number of para-hydroxylation sites is 1. The van der Waals surface area contributed by atoms with Gasteiger partial charge in [0.2, 0.25) is 0 Å². The van der Waals surface area contributed by atoms with E-state index in [2.05, 4.69) is 0 Å². The van der Waals surface area contributed by atoms with Crippen LogP contribution in [0.4, 0.5) is 0 Å². The first-order chi connectivity index (χ1) is 5.31. The van der Waals surface area contributed by atoms with Crippen molar-refractivity contribution in [3.05, 3.63) is 30.3 Å². The van der Waals surface area contributed by atoms with Crippen LogP contribution in [0.3, 0.4) is 0 Å². The Morgan fingerprint density at radius 3 is 1.82 bits per heavy atom. The van der Waals surface area contributed by atoms with Gasteiger partial charge in [0, 0.05) is 6.54 Å². The molecule has 0 unspecified atom stereocenters. The Kier molecular flexibility index (Phi) is 6.37. The van der Waals surface area contributed by atoms with Crippen LogP contribution in [-0.4, -0.2) is 23.4 Å². The predicted octanol–water partition coefficient (Wildman–Crippen LogP) is 0.330. The Morgan fingerprint density at radius 2 is 1.64 bits per heavy atom. The summed E-state index contributed by atoms with van der Waals surface area (Å²) in [6.07, 6.45) is 0. The van der Waals surface area contributed by atoms with Crippen LogP contribution in [0.15, 0.2) is 30.3 Å². The number of phenols is 1. The third kappa shape index (κ3) is 6.83. The highest BCUT2D eigenvalue weighted by Crippen LogP contribution is 2.02. The molecule has 1 rings (SSSR count). The lowest BCUT2D eigenvalue weighted by Crippen LogP contribution is -2.02. The van der Waals surface area contributed by atoms with E-state index in [9.17, 15) is 0 Å². The van der Waals surface area contributed by atoms with Crippen molar-refractivity contribution in [2.75, 3.05) is 13.2 Å². The summed E-state index contributed by atoms with van der Waals surface area (Å²) >= 11 is 0. The van der Waals surface area contributed by atoms with Gasteiger partial charge in [-0.25, -0.2) is 0 Å². The van der Waals surface area contributed by atoms with Gasteiger partial charge < -0.3 is 15.9 Å². The molecule has 62 valence electrons. The van der Waals surface area contributed by atoms with E-state index in [4.69, 9.17) is 15.9 Å². The highest BCUT2D eigenvalue weighted by molar-refractivity contribution is 5.18. The van der Waals surface area contributed by atoms with E-state index in [1.54, 1.807) is 24.3 Å². The molecular weight excluding hydrogens is 142 g/mol. The van der Waals surface area contributed by atoms with E-state index >= 15 is 0 Å². The molecule has 11 heavy (non-hydrogen) atoms. The Morgan fingerprint density at radius 1 is 1.18 bits per heavy atom. The number of hydrogen-bond acceptors (Lipinski definition) is 3. The first-order valence-corrected chi connectivity index (χ1v) is 3.36. The number of phenolic OH excluding ortho intramolecular Hbond substituents is 1. The number of aliphatic hydroxyl groups excluding tert-OH is 1. The lowest BCUT2D eigenvalue weighted by molar-refractivity contribution is 0.306. The van der Waals surface area contributed by atoms with Crippen LogP contribution in [0.5, 0.6) is 5.75 Å². The Bertz CT molecular complexity index is 163. The van der Waals surface area contributed by atoms with Crippen molar-refractivity contribution in [3.63, 3.8) is 0 Å². The number of nitrogens with two attached hydrogens (primary N) is 1. The Hall–Kier alpha value is -1.06. The molecule has 1 aromatic carbocycles. The second kappa shape index (κ2) is 7.05. The maximum Gasteiger partial charge on any atom is 0.115 e. The monoisotopic (exact) mass is 155 g/mol.